The summed E-state index contributed by atoms with van der Waals surface area (Å²) in [5.41, 5.74) is 1.08. The fourth-order valence-corrected chi connectivity index (χ4v) is 1.35. The molecule has 0 N–H and O–H groups in total. The lowest BCUT2D eigenvalue weighted by molar-refractivity contribution is -0.136. The van der Waals surface area contributed by atoms with Crippen LogP contribution < -0.4 is 0 Å². The molecule has 0 unspecified atom stereocenters. The van der Waals surface area contributed by atoms with Crippen LogP contribution in [0.15, 0.2) is 11.6 Å². The van der Waals surface area contributed by atoms with Crippen molar-refractivity contribution in [2.45, 2.75) is 26.7 Å². The molecule has 0 radical (unpaired) electrons. The van der Waals surface area contributed by atoms with Crippen molar-refractivity contribution >= 4 is 5.97 Å². The molecule has 0 fully saturated rings. The Kier molecular flexibility index (Phi) is 2.03. The zero-order valence-corrected chi connectivity index (χ0v) is 7.31. The van der Waals surface area contributed by atoms with E-state index in [-0.39, 0.29) is 11.4 Å². The SMILES string of the molecule is COC(=O)C1=CCC(C)(C)C1. The third-order valence-electron chi connectivity index (χ3n) is 2.02. The first-order chi connectivity index (χ1) is 5.05. The van der Waals surface area contributed by atoms with Crippen molar-refractivity contribution in [2.24, 2.45) is 5.41 Å². The smallest absolute Gasteiger partial charge is 0.333 e. The first-order valence-corrected chi connectivity index (χ1v) is 3.82. The Labute approximate surface area is 67.2 Å². The van der Waals surface area contributed by atoms with Crippen molar-refractivity contribution < 1.29 is 9.53 Å². The van der Waals surface area contributed by atoms with Crippen LogP contribution in [0, 0.1) is 5.41 Å². The van der Waals surface area contributed by atoms with Crippen molar-refractivity contribution in [2.75, 3.05) is 7.11 Å². The molecule has 0 aromatic carbocycles. The predicted octanol–water partition coefficient (Wildman–Crippen LogP) is 1.91. The summed E-state index contributed by atoms with van der Waals surface area (Å²) in [6.45, 7) is 4.30. The van der Waals surface area contributed by atoms with Crippen LogP contribution >= 0.6 is 0 Å². The fraction of sp³-hybridized carbons (Fsp3) is 0.667. The lowest BCUT2D eigenvalue weighted by atomic mass is 9.90. The zero-order valence-electron chi connectivity index (χ0n) is 7.31. The van der Waals surface area contributed by atoms with Crippen LogP contribution in [-0.2, 0) is 9.53 Å². The van der Waals surface area contributed by atoms with E-state index in [0.717, 1.165) is 18.4 Å². The van der Waals surface area contributed by atoms with Gasteiger partial charge in [-0.2, -0.15) is 0 Å². The largest absolute Gasteiger partial charge is 0.466 e. The van der Waals surface area contributed by atoms with Gasteiger partial charge in [0.1, 0.15) is 0 Å². The maximum Gasteiger partial charge on any atom is 0.333 e. The molecule has 0 bridgehead atoms. The van der Waals surface area contributed by atoms with E-state index in [0.29, 0.717) is 0 Å². The molecule has 0 saturated heterocycles. The van der Waals surface area contributed by atoms with Crippen molar-refractivity contribution in [3.63, 3.8) is 0 Å². The number of methoxy groups -OCH3 is 1. The first-order valence-electron chi connectivity index (χ1n) is 3.82. The number of esters is 1. The molecule has 0 heterocycles. The van der Waals surface area contributed by atoms with Crippen LogP contribution in [0.2, 0.25) is 0 Å². The molecule has 0 aromatic rings. The van der Waals surface area contributed by atoms with Crippen molar-refractivity contribution in [3.05, 3.63) is 11.6 Å². The Bertz CT molecular complexity index is 202. The van der Waals surface area contributed by atoms with E-state index in [1.807, 2.05) is 6.08 Å². The lowest BCUT2D eigenvalue weighted by Crippen LogP contribution is -2.09. The molecular weight excluding hydrogens is 140 g/mol. The Balaban J connectivity index is 2.60. The summed E-state index contributed by atoms with van der Waals surface area (Å²) in [6.07, 6.45) is 3.81. The van der Waals surface area contributed by atoms with Crippen molar-refractivity contribution in [1.29, 1.82) is 0 Å². The highest BCUT2D eigenvalue weighted by Crippen LogP contribution is 2.36. The number of ether oxygens (including phenoxy) is 1. The second-order valence-electron chi connectivity index (χ2n) is 3.77. The molecular formula is C9H14O2. The molecule has 1 aliphatic rings. The minimum Gasteiger partial charge on any atom is -0.466 e. The van der Waals surface area contributed by atoms with E-state index in [9.17, 15) is 4.79 Å². The van der Waals surface area contributed by atoms with E-state index in [2.05, 4.69) is 18.6 Å². The van der Waals surface area contributed by atoms with Gasteiger partial charge in [0.25, 0.3) is 0 Å². The van der Waals surface area contributed by atoms with E-state index >= 15 is 0 Å². The molecule has 0 aromatic heterocycles. The minimum absolute atomic E-state index is 0.171. The standard InChI is InChI=1S/C9H14O2/c1-9(2)5-4-7(6-9)8(10)11-3/h4H,5-6H2,1-3H3. The summed E-state index contributed by atoms with van der Waals surface area (Å²) in [7, 11) is 1.43. The molecule has 0 amide bonds. The van der Waals surface area contributed by atoms with Crippen LogP contribution in [-0.4, -0.2) is 13.1 Å². The Morgan fingerprint density at radius 3 is 2.64 bits per heavy atom. The number of allylic oxidation sites excluding steroid dienone is 1. The summed E-state index contributed by atoms with van der Waals surface area (Å²) in [4.78, 5) is 11.0. The Morgan fingerprint density at radius 1 is 1.64 bits per heavy atom. The summed E-state index contributed by atoms with van der Waals surface area (Å²) in [5, 5.41) is 0. The number of hydrogen-bond acceptors (Lipinski definition) is 2. The van der Waals surface area contributed by atoms with Gasteiger partial charge in [0.15, 0.2) is 0 Å². The quantitative estimate of drug-likeness (QED) is 0.539. The highest BCUT2D eigenvalue weighted by Gasteiger charge is 2.28. The van der Waals surface area contributed by atoms with Gasteiger partial charge in [-0.05, 0) is 18.3 Å². The van der Waals surface area contributed by atoms with Crippen molar-refractivity contribution in [3.8, 4) is 0 Å². The van der Waals surface area contributed by atoms with Gasteiger partial charge >= 0.3 is 5.97 Å². The first kappa shape index (κ1) is 8.31. The number of rotatable bonds is 1. The van der Waals surface area contributed by atoms with Crippen LogP contribution in [0.25, 0.3) is 0 Å². The molecule has 11 heavy (non-hydrogen) atoms. The zero-order chi connectivity index (χ0) is 8.48. The summed E-state index contributed by atoms with van der Waals surface area (Å²) in [6, 6.07) is 0. The van der Waals surface area contributed by atoms with Gasteiger partial charge in [-0.3, -0.25) is 0 Å². The lowest BCUT2D eigenvalue weighted by Gasteiger charge is -2.15. The Morgan fingerprint density at radius 2 is 2.27 bits per heavy atom. The number of carbonyl (C=O) groups is 1. The second-order valence-corrected chi connectivity index (χ2v) is 3.77. The topological polar surface area (TPSA) is 26.3 Å². The molecule has 2 heteroatoms. The average Bonchev–Trinajstić information content (AvgIpc) is 2.29. The maximum absolute atomic E-state index is 11.0. The van der Waals surface area contributed by atoms with E-state index in [4.69, 9.17) is 0 Å². The van der Waals surface area contributed by atoms with E-state index in [1.54, 1.807) is 0 Å². The number of carbonyl (C=O) groups excluding carboxylic acids is 1. The van der Waals surface area contributed by atoms with E-state index < -0.39 is 0 Å². The van der Waals surface area contributed by atoms with Gasteiger partial charge in [-0.15, -0.1) is 0 Å². The highest BCUT2D eigenvalue weighted by molar-refractivity contribution is 5.88. The maximum atomic E-state index is 11.0. The van der Waals surface area contributed by atoms with Gasteiger partial charge in [-0.1, -0.05) is 19.9 Å². The monoisotopic (exact) mass is 154 g/mol. The van der Waals surface area contributed by atoms with Gasteiger partial charge in [0, 0.05) is 5.57 Å². The molecule has 0 saturated carbocycles. The fourth-order valence-electron chi connectivity index (χ4n) is 1.35. The molecule has 1 rings (SSSR count). The average molecular weight is 154 g/mol. The summed E-state index contributed by atoms with van der Waals surface area (Å²) >= 11 is 0. The molecule has 0 atom stereocenters. The minimum atomic E-state index is -0.171. The number of hydrogen-bond donors (Lipinski definition) is 0. The highest BCUT2D eigenvalue weighted by atomic mass is 16.5. The Hall–Kier alpha value is -0.790. The molecule has 1 aliphatic carbocycles. The van der Waals surface area contributed by atoms with Gasteiger partial charge in [-0.25, -0.2) is 4.79 Å². The predicted molar refractivity (Wildman–Crippen MR) is 43.1 cm³/mol. The van der Waals surface area contributed by atoms with Crippen LogP contribution in [0.4, 0.5) is 0 Å². The summed E-state index contributed by atoms with van der Waals surface area (Å²) < 4.78 is 4.62. The van der Waals surface area contributed by atoms with E-state index in [1.165, 1.54) is 7.11 Å². The third kappa shape index (κ3) is 1.82. The van der Waals surface area contributed by atoms with Gasteiger partial charge in [0.05, 0.1) is 7.11 Å². The van der Waals surface area contributed by atoms with Gasteiger partial charge < -0.3 is 4.74 Å². The molecule has 2 nitrogen and oxygen atoms in total. The molecule has 62 valence electrons. The van der Waals surface area contributed by atoms with Crippen LogP contribution in [0.1, 0.15) is 26.7 Å². The second kappa shape index (κ2) is 2.68. The normalized spacial score (nSPS) is 21.2. The summed E-state index contributed by atoms with van der Waals surface area (Å²) in [5.74, 6) is -0.171. The van der Waals surface area contributed by atoms with Crippen LogP contribution in [0.5, 0.6) is 0 Å². The van der Waals surface area contributed by atoms with Gasteiger partial charge in [0.2, 0.25) is 0 Å². The third-order valence-corrected chi connectivity index (χ3v) is 2.02. The van der Waals surface area contributed by atoms with Crippen LogP contribution in [0.3, 0.4) is 0 Å². The van der Waals surface area contributed by atoms with Crippen molar-refractivity contribution in [1.82, 2.24) is 0 Å². The molecule has 0 spiro atoms. The molecule has 0 aliphatic heterocycles.